The van der Waals surface area contributed by atoms with E-state index in [4.69, 9.17) is 0 Å². The van der Waals surface area contributed by atoms with E-state index in [0.717, 1.165) is 25.7 Å². The zero-order valence-corrected chi connectivity index (χ0v) is 12.0. The molecule has 0 unspecified atom stereocenters. The molecule has 1 fully saturated rings. The van der Waals surface area contributed by atoms with Crippen molar-refractivity contribution in [1.82, 2.24) is 9.97 Å². The van der Waals surface area contributed by atoms with Crippen molar-refractivity contribution < 1.29 is 4.92 Å². The van der Waals surface area contributed by atoms with Gasteiger partial charge in [-0.2, -0.15) is 4.98 Å². The molecule has 1 aliphatic rings. The van der Waals surface area contributed by atoms with Crippen LogP contribution in [0.5, 0.6) is 0 Å². The second kappa shape index (κ2) is 6.49. The summed E-state index contributed by atoms with van der Waals surface area (Å²) in [6.45, 7) is 1.64. The largest absolute Gasteiger partial charge is 0.361 e. The van der Waals surface area contributed by atoms with Gasteiger partial charge in [0.25, 0.3) is 0 Å². The maximum absolute atomic E-state index is 11.2. The number of anilines is 2. The summed E-state index contributed by atoms with van der Waals surface area (Å²) in [4.78, 5) is 19.1. The highest BCUT2D eigenvalue weighted by atomic mass is 16.6. The van der Waals surface area contributed by atoms with Crippen LogP contribution in [0.3, 0.4) is 0 Å². The van der Waals surface area contributed by atoms with E-state index in [-0.39, 0.29) is 11.7 Å². The fourth-order valence-corrected chi connectivity index (χ4v) is 2.62. The molecule has 0 saturated heterocycles. The monoisotopic (exact) mass is 279 g/mol. The van der Waals surface area contributed by atoms with Crippen LogP contribution in [-0.2, 0) is 0 Å². The van der Waals surface area contributed by atoms with Gasteiger partial charge in [0, 0.05) is 13.1 Å². The molecule has 1 heterocycles. The van der Waals surface area contributed by atoms with Crippen LogP contribution in [0, 0.1) is 17.0 Å². The Balaban J connectivity index is 2.27. The van der Waals surface area contributed by atoms with Crippen molar-refractivity contribution in [2.45, 2.75) is 51.5 Å². The Morgan fingerprint density at radius 3 is 2.40 bits per heavy atom. The van der Waals surface area contributed by atoms with E-state index in [9.17, 15) is 10.1 Å². The Labute approximate surface area is 118 Å². The Morgan fingerprint density at radius 2 is 1.85 bits per heavy atom. The smallest absolute Gasteiger partial charge is 0.332 e. The van der Waals surface area contributed by atoms with Gasteiger partial charge in [0.2, 0.25) is 11.8 Å². The summed E-state index contributed by atoms with van der Waals surface area (Å²) in [5.74, 6) is 0.739. The summed E-state index contributed by atoms with van der Waals surface area (Å²) in [6, 6.07) is 0.259. The van der Waals surface area contributed by atoms with Crippen molar-refractivity contribution in [3.63, 3.8) is 0 Å². The number of rotatable bonds is 4. The number of hydrogen-bond acceptors (Lipinski definition) is 6. The first kappa shape index (κ1) is 14.5. The minimum atomic E-state index is -0.409. The molecule has 1 aromatic heterocycles. The molecule has 1 aromatic rings. The van der Waals surface area contributed by atoms with Crippen LogP contribution in [0.1, 0.15) is 44.2 Å². The normalized spacial score (nSPS) is 16.5. The van der Waals surface area contributed by atoms with Gasteiger partial charge in [-0.3, -0.25) is 10.1 Å². The van der Waals surface area contributed by atoms with Crippen molar-refractivity contribution in [2.24, 2.45) is 0 Å². The summed E-state index contributed by atoms with van der Waals surface area (Å²) in [6.07, 6.45) is 6.88. The topological polar surface area (TPSA) is 93.0 Å². The van der Waals surface area contributed by atoms with Gasteiger partial charge in [-0.25, -0.2) is 4.98 Å². The lowest BCUT2D eigenvalue weighted by Crippen LogP contribution is -2.21. The maximum Gasteiger partial charge on any atom is 0.332 e. The highest BCUT2D eigenvalue weighted by molar-refractivity contribution is 5.61. The van der Waals surface area contributed by atoms with E-state index < -0.39 is 4.92 Å². The first-order valence-corrected chi connectivity index (χ1v) is 7.09. The second-order valence-electron chi connectivity index (χ2n) is 5.17. The number of aryl methyl sites for hydroxylation is 1. The predicted octanol–water partition coefficient (Wildman–Crippen LogP) is 2.87. The van der Waals surface area contributed by atoms with Crippen molar-refractivity contribution >= 4 is 17.5 Å². The quantitative estimate of drug-likeness (QED) is 0.500. The zero-order chi connectivity index (χ0) is 14.5. The van der Waals surface area contributed by atoms with Crippen LogP contribution in [0.25, 0.3) is 0 Å². The van der Waals surface area contributed by atoms with Crippen molar-refractivity contribution in [3.8, 4) is 0 Å². The third-order valence-corrected chi connectivity index (χ3v) is 3.66. The highest BCUT2D eigenvalue weighted by Gasteiger charge is 2.24. The third kappa shape index (κ3) is 3.34. The number of nitrogens with one attached hydrogen (secondary N) is 2. The predicted molar refractivity (Wildman–Crippen MR) is 78.1 cm³/mol. The molecule has 0 aromatic carbocycles. The summed E-state index contributed by atoms with van der Waals surface area (Å²) in [7, 11) is 1.70. The summed E-state index contributed by atoms with van der Waals surface area (Å²) in [5.41, 5.74) is 0.360. The fourth-order valence-electron chi connectivity index (χ4n) is 2.62. The minimum Gasteiger partial charge on any atom is -0.361 e. The lowest BCUT2D eigenvalue weighted by atomic mass is 10.1. The summed E-state index contributed by atoms with van der Waals surface area (Å²) < 4.78 is 0. The first-order valence-electron chi connectivity index (χ1n) is 7.09. The minimum absolute atomic E-state index is 0.0201. The van der Waals surface area contributed by atoms with Gasteiger partial charge in [-0.15, -0.1) is 0 Å². The fraction of sp³-hybridized carbons (Fsp3) is 0.692. The van der Waals surface area contributed by atoms with Crippen LogP contribution in [0.2, 0.25) is 0 Å². The molecule has 1 saturated carbocycles. The molecular formula is C13H21N5O2. The highest BCUT2D eigenvalue weighted by Crippen LogP contribution is 2.29. The Hall–Kier alpha value is -1.92. The zero-order valence-electron chi connectivity index (χ0n) is 12.0. The molecular weight excluding hydrogens is 258 g/mol. The Morgan fingerprint density at radius 1 is 1.20 bits per heavy atom. The molecule has 1 aliphatic carbocycles. The van der Waals surface area contributed by atoms with Gasteiger partial charge in [-0.1, -0.05) is 25.7 Å². The van der Waals surface area contributed by atoms with Gasteiger partial charge in [0.05, 0.1) is 4.92 Å². The average molecular weight is 279 g/mol. The molecule has 110 valence electrons. The molecule has 7 heteroatoms. The van der Waals surface area contributed by atoms with Gasteiger partial charge in [0.1, 0.15) is 5.69 Å². The molecule has 0 spiro atoms. The van der Waals surface area contributed by atoms with E-state index in [2.05, 4.69) is 20.6 Å². The number of nitrogens with zero attached hydrogens (tertiary/aromatic N) is 3. The molecule has 0 bridgehead atoms. The Kier molecular flexibility index (Phi) is 4.70. The third-order valence-electron chi connectivity index (χ3n) is 3.66. The SMILES string of the molecule is CNc1nc(C)c([N+](=O)[O-])c(NC2CCCCCC2)n1. The molecule has 20 heavy (non-hydrogen) atoms. The van der Waals surface area contributed by atoms with Gasteiger partial charge in [0.15, 0.2) is 0 Å². The van der Waals surface area contributed by atoms with Crippen molar-refractivity contribution in [2.75, 3.05) is 17.7 Å². The van der Waals surface area contributed by atoms with E-state index >= 15 is 0 Å². The van der Waals surface area contributed by atoms with Crippen LogP contribution < -0.4 is 10.6 Å². The molecule has 7 nitrogen and oxygen atoms in total. The maximum atomic E-state index is 11.2. The summed E-state index contributed by atoms with van der Waals surface area (Å²) >= 11 is 0. The molecule has 0 amide bonds. The van der Waals surface area contributed by atoms with Gasteiger partial charge < -0.3 is 10.6 Å². The van der Waals surface area contributed by atoms with E-state index in [1.165, 1.54) is 12.8 Å². The van der Waals surface area contributed by atoms with Crippen LogP contribution in [0.4, 0.5) is 17.5 Å². The number of nitro groups is 1. The average Bonchev–Trinajstić information content (AvgIpc) is 2.66. The Bertz CT molecular complexity index is 484. The van der Waals surface area contributed by atoms with E-state index in [0.29, 0.717) is 17.5 Å². The van der Waals surface area contributed by atoms with E-state index in [1.807, 2.05) is 0 Å². The molecule has 0 radical (unpaired) electrons. The lowest BCUT2D eigenvalue weighted by Gasteiger charge is -2.17. The molecule has 0 atom stereocenters. The molecule has 2 N–H and O–H groups in total. The molecule has 0 aliphatic heterocycles. The summed E-state index contributed by atoms with van der Waals surface area (Å²) in [5, 5.41) is 17.3. The van der Waals surface area contributed by atoms with Gasteiger partial charge in [-0.05, 0) is 19.8 Å². The van der Waals surface area contributed by atoms with Crippen LogP contribution >= 0.6 is 0 Å². The first-order chi connectivity index (χ1) is 9.61. The lowest BCUT2D eigenvalue weighted by molar-refractivity contribution is -0.385. The van der Waals surface area contributed by atoms with Crippen molar-refractivity contribution in [1.29, 1.82) is 0 Å². The van der Waals surface area contributed by atoms with Crippen LogP contribution in [0.15, 0.2) is 0 Å². The second-order valence-corrected chi connectivity index (χ2v) is 5.17. The van der Waals surface area contributed by atoms with E-state index in [1.54, 1.807) is 14.0 Å². The standard InChI is InChI=1S/C13H21N5O2/c1-9-11(18(19)20)12(17-13(14-2)15-9)16-10-7-5-3-4-6-8-10/h10H,3-8H2,1-2H3,(H2,14,15,16,17). The van der Waals surface area contributed by atoms with Crippen molar-refractivity contribution in [3.05, 3.63) is 15.8 Å². The van der Waals surface area contributed by atoms with Gasteiger partial charge >= 0.3 is 5.69 Å². The molecule has 2 rings (SSSR count). The number of aromatic nitrogens is 2. The number of hydrogen-bond donors (Lipinski definition) is 2. The van der Waals surface area contributed by atoms with Crippen LogP contribution in [-0.4, -0.2) is 28.0 Å².